The molecule has 0 atom stereocenters. The van der Waals surface area contributed by atoms with Crippen LogP contribution in [0.3, 0.4) is 0 Å². The van der Waals surface area contributed by atoms with Crippen LogP contribution in [0, 0.1) is 0 Å². The maximum Gasteiger partial charge on any atom is 0.0239 e. The van der Waals surface area contributed by atoms with Gasteiger partial charge in [0, 0.05) is 13.1 Å². The van der Waals surface area contributed by atoms with Crippen LogP contribution in [-0.4, -0.2) is 18.5 Å². The number of hydrogen-bond acceptors (Lipinski definition) is 1. The van der Waals surface area contributed by atoms with E-state index in [2.05, 4.69) is 48.4 Å². The third kappa shape index (κ3) is 1.41. The fourth-order valence-electron chi connectivity index (χ4n) is 1.56. The number of nitrogens with zero attached hydrogens (tertiary/aromatic N) is 1. The first-order valence-corrected chi connectivity index (χ1v) is 4.29. The molecule has 1 aromatic rings. The van der Waals surface area contributed by atoms with Crippen LogP contribution in [0.2, 0.25) is 0 Å². The Hall–Kier alpha value is -1.08. The predicted octanol–water partition coefficient (Wildman–Crippen LogP) is 2.15. The van der Waals surface area contributed by atoms with E-state index in [-0.39, 0.29) is 0 Å². The van der Waals surface area contributed by atoms with Gasteiger partial charge in [0.25, 0.3) is 0 Å². The Morgan fingerprint density at radius 1 is 1.25 bits per heavy atom. The van der Waals surface area contributed by atoms with Crippen molar-refractivity contribution in [2.45, 2.75) is 6.54 Å². The Morgan fingerprint density at radius 2 is 2.08 bits per heavy atom. The molecule has 0 bridgehead atoms. The lowest BCUT2D eigenvalue weighted by Crippen LogP contribution is -2.16. The summed E-state index contributed by atoms with van der Waals surface area (Å²) in [5.41, 5.74) is 2.79. The van der Waals surface area contributed by atoms with Crippen LogP contribution in [0.5, 0.6) is 0 Å². The van der Waals surface area contributed by atoms with Gasteiger partial charge < -0.3 is 0 Å². The number of hydrogen-bond donors (Lipinski definition) is 0. The van der Waals surface area contributed by atoms with Crippen LogP contribution in [0.1, 0.15) is 11.1 Å². The summed E-state index contributed by atoms with van der Waals surface area (Å²) >= 11 is 0. The molecule has 1 nitrogen and oxygen atoms in total. The molecule has 0 fully saturated rings. The van der Waals surface area contributed by atoms with Gasteiger partial charge in [-0.1, -0.05) is 36.4 Å². The molecule has 0 saturated carbocycles. The SMILES string of the molecule is CN1CC=Cc2ccccc2C1. The Bertz CT molecular complexity index is 302. The average Bonchev–Trinajstić information content (AvgIpc) is 2.25. The van der Waals surface area contributed by atoms with Crippen molar-refractivity contribution in [2.24, 2.45) is 0 Å². The highest BCUT2D eigenvalue weighted by atomic mass is 15.1. The predicted molar refractivity (Wildman–Crippen MR) is 51.8 cm³/mol. The van der Waals surface area contributed by atoms with E-state index in [0.29, 0.717) is 0 Å². The van der Waals surface area contributed by atoms with Gasteiger partial charge in [-0.15, -0.1) is 0 Å². The minimum Gasteiger partial charge on any atom is -0.298 e. The summed E-state index contributed by atoms with van der Waals surface area (Å²) in [4.78, 5) is 2.31. The van der Waals surface area contributed by atoms with Gasteiger partial charge in [-0.2, -0.15) is 0 Å². The molecule has 0 aromatic heterocycles. The average molecular weight is 159 g/mol. The van der Waals surface area contributed by atoms with Crippen LogP contribution in [0.25, 0.3) is 6.08 Å². The fraction of sp³-hybridized carbons (Fsp3) is 0.273. The second-order valence-electron chi connectivity index (χ2n) is 3.30. The normalized spacial score (nSPS) is 17.1. The molecule has 0 spiro atoms. The van der Waals surface area contributed by atoms with Gasteiger partial charge >= 0.3 is 0 Å². The monoisotopic (exact) mass is 159 g/mol. The Morgan fingerprint density at radius 3 is 3.00 bits per heavy atom. The highest BCUT2D eigenvalue weighted by Gasteiger charge is 2.04. The molecule has 0 saturated heterocycles. The number of rotatable bonds is 0. The topological polar surface area (TPSA) is 3.24 Å². The van der Waals surface area contributed by atoms with E-state index in [4.69, 9.17) is 0 Å². The zero-order valence-corrected chi connectivity index (χ0v) is 7.33. The first-order valence-electron chi connectivity index (χ1n) is 4.29. The minimum absolute atomic E-state index is 1.05. The Balaban J connectivity index is 2.41. The van der Waals surface area contributed by atoms with Crippen molar-refractivity contribution in [3.05, 3.63) is 41.5 Å². The highest BCUT2D eigenvalue weighted by molar-refractivity contribution is 5.54. The van der Waals surface area contributed by atoms with Crippen molar-refractivity contribution in [3.8, 4) is 0 Å². The first-order chi connectivity index (χ1) is 5.86. The number of fused-ring (bicyclic) bond motifs is 1. The van der Waals surface area contributed by atoms with Crippen molar-refractivity contribution in [2.75, 3.05) is 13.6 Å². The van der Waals surface area contributed by atoms with Crippen molar-refractivity contribution >= 4 is 6.08 Å². The van der Waals surface area contributed by atoms with Crippen molar-refractivity contribution in [1.82, 2.24) is 4.90 Å². The molecule has 1 aromatic carbocycles. The van der Waals surface area contributed by atoms with Crippen molar-refractivity contribution in [3.63, 3.8) is 0 Å². The molecule has 1 aliphatic rings. The Kier molecular flexibility index (Phi) is 1.96. The smallest absolute Gasteiger partial charge is 0.0239 e. The van der Waals surface area contributed by atoms with Gasteiger partial charge in [0.05, 0.1) is 0 Å². The van der Waals surface area contributed by atoms with Gasteiger partial charge in [-0.3, -0.25) is 4.90 Å². The first kappa shape index (κ1) is 7.56. The quantitative estimate of drug-likeness (QED) is 0.560. The lowest BCUT2D eigenvalue weighted by molar-refractivity contribution is 0.366. The van der Waals surface area contributed by atoms with Crippen LogP contribution < -0.4 is 0 Å². The van der Waals surface area contributed by atoms with Gasteiger partial charge in [0.15, 0.2) is 0 Å². The lowest BCUT2D eigenvalue weighted by Gasteiger charge is -2.12. The standard InChI is InChI=1S/C11H13N/c1-12-8-4-7-10-5-2-3-6-11(10)9-12/h2-7H,8-9H2,1H3. The molecule has 0 radical (unpaired) electrons. The molecular formula is C11H13N. The van der Waals surface area contributed by atoms with E-state index < -0.39 is 0 Å². The second-order valence-corrected chi connectivity index (χ2v) is 3.30. The molecule has 2 rings (SSSR count). The molecule has 1 heterocycles. The van der Waals surface area contributed by atoms with Gasteiger partial charge in [-0.25, -0.2) is 0 Å². The summed E-state index contributed by atoms with van der Waals surface area (Å²) in [6.07, 6.45) is 4.42. The van der Waals surface area contributed by atoms with Gasteiger partial charge in [0.2, 0.25) is 0 Å². The second kappa shape index (κ2) is 3.11. The molecular weight excluding hydrogens is 146 g/mol. The summed E-state index contributed by atoms with van der Waals surface area (Å²) in [6.45, 7) is 2.11. The van der Waals surface area contributed by atoms with Crippen LogP contribution in [0.15, 0.2) is 30.3 Å². The molecule has 1 aliphatic heterocycles. The fourth-order valence-corrected chi connectivity index (χ4v) is 1.56. The van der Waals surface area contributed by atoms with Gasteiger partial charge in [-0.05, 0) is 18.2 Å². The van der Waals surface area contributed by atoms with Crippen LogP contribution in [-0.2, 0) is 6.54 Å². The molecule has 0 N–H and O–H groups in total. The molecule has 62 valence electrons. The van der Waals surface area contributed by atoms with E-state index >= 15 is 0 Å². The molecule has 1 heteroatoms. The van der Waals surface area contributed by atoms with E-state index in [9.17, 15) is 0 Å². The zero-order chi connectivity index (χ0) is 8.39. The maximum absolute atomic E-state index is 2.31. The van der Waals surface area contributed by atoms with Crippen LogP contribution >= 0.6 is 0 Å². The van der Waals surface area contributed by atoms with Crippen molar-refractivity contribution < 1.29 is 0 Å². The van der Waals surface area contributed by atoms with E-state index in [1.54, 1.807) is 0 Å². The Labute approximate surface area is 73.3 Å². The summed E-state index contributed by atoms with van der Waals surface area (Å²) in [6, 6.07) is 8.56. The zero-order valence-electron chi connectivity index (χ0n) is 7.33. The van der Waals surface area contributed by atoms with E-state index in [1.165, 1.54) is 11.1 Å². The van der Waals surface area contributed by atoms with E-state index in [0.717, 1.165) is 13.1 Å². The molecule has 12 heavy (non-hydrogen) atoms. The van der Waals surface area contributed by atoms with Crippen molar-refractivity contribution in [1.29, 1.82) is 0 Å². The third-order valence-corrected chi connectivity index (χ3v) is 2.21. The third-order valence-electron chi connectivity index (χ3n) is 2.21. The maximum atomic E-state index is 2.31. The van der Waals surface area contributed by atoms with Crippen LogP contribution in [0.4, 0.5) is 0 Å². The summed E-state index contributed by atoms with van der Waals surface area (Å²) in [7, 11) is 2.15. The summed E-state index contributed by atoms with van der Waals surface area (Å²) in [5, 5.41) is 0. The number of likely N-dealkylation sites (N-methyl/N-ethyl adjacent to an activating group) is 1. The highest BCUT2D eigenvalue weighted by Crippen LogP contribution is 2.15. The summed E-state index contributed by atoms with van der Waals surface area (Å²) in [5.74, 6) is 0. The number of benzene rings is 1. The minimum atomic E-state index is 1.05. The largest absolute Gasteiger partial charge is 0.298 e. The van der Waals surface area contributed by atoms with E-state index in [1.807, 2.05) is 0 Å². The summed E-state index contributed by atoms with van der Waals surface area (Å²) < 4.78 is 0. The molecule has 0 unspecified atom stereocenters. The lowest BCUT2D eigenvalue weighted by atomic mass is 10.1. The molecule has 0 aliphatic carbocycles. The van der Waals surface area contributed by atoms with Gasteiger partial charge in [0.1, 0.15) is 0 Å². The molecule has 0 amide bonds.